The fraction of sp³-hybridized carbons (Fsp3) is 0.500. The molecule has 2 aromatic rings. The highest BCUT2D eigenvalue weighted by Gasteiger charge is 2.48. The Bertz CT molecular complexity index is 765. The molecule has 2 atom stereocenters. The maximum Gasteiger partial charge on any atom is 0.253 e. The fourth-order valence-corrected chi connectivity index (χ4v) is 3.35. The zero-order valence-electron chi connectivity index (χ0n) is 14.4. The van der Waals surface area contributed by atoms with Gasteiger partial charge in [0.15, 0.2) is 0 Å². The standard InChI is InChI=1S/C18H24N4O2/c1-4-16(23)19-11-12-10-15(18(12,2)3)21-17(24)13-6-5-9-22-14(13)7-8-20-22/h5-9,12,15H,4,10-11H2,1-3H3,(H,19,23)(H,21,24). The van der Waals surface area contributed by atoms with Crippen molar-refractivity contribution >= 4 is 17.3 Å². The number of fused-ring (bicyclic) bond motifs is 1. The minimum absolute atomic E-state index is 0.0397. The first kappa shape index (κ1) is 16.5. The Morgan fingerprint density at radius 1 is 1.38 bits per heavy atom. The van der Waals surface area contributed by atoms with E-state index in [1.165, 1.54) is 0 Å². The van der Waals surface area contributed by atoms with Crippen molar-refractivity contribution in [2.75, 3.05) is 6.54 Å². The Labute approximate surface area is 141 Å². The molecule has 1 aliphatic carbocycles. The van der Waals surface area contributed by atoms with Crippen LogP contribution in [0.5, 0.6) is 0 Å². The van der Waals surface area contributed by atoms with Gasteiger partial charge in [0, 0.05) is 25.2 Å². The van der Waals surface area contributed by atoms with Crippen molar-refractivity contribution in [1.82, 2.24) is 20.2 Å². The lowest BCUT2D eigenvalue weighted by molar-refractivity contribution is -0.121. The molecule has 1 fully saturated rings. The van der Waals surface area contributed by atoms with E-state index in [2.05, 4.69) is 29.6 Å². The summed E-state index contributed by atoms with van der Waals surface area (Å²) in [6.07, 6.45) is 4.89. The van der Waals surface area contributed by atoms with E-state index < -0.39 is 0 Å². The lowest BCUT2D eigenvalue weighted by atomic mass is 9.58. The minimum atomic E-state index is -0.0739. The van der Waals surface area contributed by atoms with Crippen molar-refractivity contribution in [2.45, 2.75) is 39.7 Å². The second-order valence-corrected chi connectivity index (χ2v) is 7.02. The normalized spacial score (nSPS) is 22.0. The van der Waals surface area contributed by atoms with Crippen LogP contribution in [0.15, 0.2) is 30.6 Å². The number of rotatable bonds is 5. The highest BCUT2D eigenvalue weighted by Crippen LogP contribution is 2.45. The van der Waals surface area contributed by atoms with E-state index in [0.29, 0.717) is 24.4 Å². The summed E-state index contributed by atoms with van der Waals surface area (Å²) < 4.78 is 1.70. The summed E-state index contributed by atoms with van der Waals surface area (Å²) >= 11 is 0. The van der Waals surface area contributed by atoms with Crippen molar-refractivity contribution in [3.8, 4) is 0 Å². The van der Waals surface area contributed by atoms with E-state index >= 15 is 0 Å². The molecule has 0 spiro atoms. The average Bonchev–Trinajstić information content (AvgIpc) is 3.05. The van der Waals surface area contributed by atoms with E-state index in [1.807, 2.05) is 31.3 Å². The molecule has 6 nitrogen and oxygen atoms in total. The SMILES string of the molecule is CCC(=O)NCC1CC(NC(=O)c2cccn3nccc23)C1(C)C. The maximum absolute atomic E-state index is 12.6. The molecule has 2 amide bonds. The fourth-order valence-electron chi connectivity index (χ4n) is 3.35. The number of carbonyl (C=O) groups is 2. The van der Waals surface area contributed by atoms with Crippen molar-refractivity contribution in [3.63, 3.8) is 0 Å². The third-order valence-electron chi connectivity index (χ3n) is 5.32. The van der Waals surface area contributed by atoms with Crippen molar-refractivity contribution < 1.29 is 9.59 Å². The molecule has 2 aromatic heterocycles. The summed E-state index contributed by atoms with van der Waals surface area (Å²) in [4.78, 5) is 24.1. The predicted molar refractivity (Wildman–Crippen MR) is 91.6 cm³/mol. The Kier molecular flexibility index (Phi) is 4.30. The Balaban J connectivity index is 1.64. The van der Waals surface area contributed by atoms with Gasteiger partial charge in [0.2, 0.25) is 5.91 Å². The average molecular weight is 328 g/mol. The van der Waals surface area contributed by atoms with Crippen LogP contribution in [0.1, 0.15) is 44.0 Å². The van der Waals surface area contributed by atoms with Gasteiger partial charge in [0.25, 0.3) is 5.91 Å². The molecule has 2 unspecified atom stereocenters. The van der Waals surface area contributed by atoms with E-state index in [1.54, 1.807) is 10.7 Å². The van der Waals surface area contributed by atoms with Crippen LogP contribution in [-0.2, 0) is 4.79 Å². The van der Waals surface area contributed by atoms with Gasteiger partial charge in [0.1, 0.15) is 0 Å². The molecule has 1 saturated carbocycles. The van der Waals surface area contributed by atoms with Crippen LogP contribution in [0.2, 0.25) is 0 Å². The van der Waals surface area contributed by atoms with E-state index in [-0.39, 0.29) is 23.3 Å². The summed E-state index contributed by atoms with van der Waals surface area (Å²) in [5, 5.41) is 10.3. The van der Waals surface area contributed by atoms with E-state index in [9.17, 15) is 9.59 Å². The van der Waals surface area contributed by atoms with Crippen LogP contribution in [0, 0.1) is 11.3 Å². The van der Waals surface area contributed by atoms with Gasteiger partial charge < -0.3 is 10.6 Å². The number of carbonyl (C=O) groups excluding carboxylic acids is 2. The van der Waals surface area contributed by atoms with Gasteiger partial charge in [-0.1, -0.05) is 20.8 Å². The van der Waals surface area contributed by atoms with Crippen LogP contribution >= 0.6 is 0 Å². The van der Waals surface area contributed by atoms with Crippen LogP contribution in [-0.4, -0.2) is 34.0 Å². The second-order valence-electron chi connectivity index (χ2n) is 7.02. The zero-order chi connectivity index (χ0) is 17.3. The summed E-state index contributed by atoms with van der Waals surface area (Å²) in [6, 6.07) is 5.59. The number of hydrogen-bond donors (Lipinski definition) is 2. The molecule has 1 aliphatic rings. The molecule has 0 bridgehead atoms. The van der Waals surface area contributed by atoms with Crippen LogP contribution in [0.3, 0.4) is 0 Å². The third kappa shape index (κ3) is 2.88. The number of nitrogens with zero attached hydrogens (tertiary/aromatic N) is 2. The lowest BCUT2D eigenvalue weighted by Crippen LogP contribution is -2.60. The number of aromatic nitrogens is 2. The Morgan fingerprint density at radius 2 is 2.17 bits per heavy atom. The molecule has 3 rings (SSSR count). The van der Waals surface area contributed by atoms with Crippen LogP contribution in [0.4, 0.5) is 0 Å². The highest BCUT2D eigenvalue weighted by molar-refractivity contribution is 6.00. The quantitative estimate of drug-likeness (QED) is 0.881. The Morgan fingerprint density at radius 3 is 2.88 bits per heavy atom. The molecule has 0 saturated heterocycles. The van der Waals surface area contributed by atoms with Gasteiger partial charge in [-0.25, -0.2) is 4.52 Å². The number of nitrogens with one attached hydrogen (secondary N) is 2. The van der Waals surface area contributed by atoms with Crippen LogP contribution < -0.4 is 10.6 Å². The summed E-state index contributed by atoms with van der Waals surface area (Å²) in [5.74, 6) is 0.380. The molecule has 2 heterocycles. The zero-order valence-corrected chi connectivity index (χ0v) is 14.4. The largest absolute Gasteiger partial charge is 0.356 e. The molecule has 0 aliphatic heterocycles. The smallest absolute Gasteiger partial charge is 0.253 e. The van der Waals surface area contributed by atoms with Crippen molar-refractivity contribution in [2.24, 2.45) is 11.3 Å². The van der Waals surface area contributed by atoms with Gasteiger partial charge in [-0.2, -0.15) is 5.10 Å². The predicted octanol–water partition coefficient (Wildman–Crippen LogP) is 2.00. The number of pyridine rings is 1. The number of amides is 2. The minimum Gasteiger partial charge on any atom is -0.356 e. The van der Waals surface area contributed by atoms with Gasteiger partial charge >= 0.3 is 0 Å². The molecule has 0 radical (unpaired) electrons. The molecule has 128 valence electrons. The van der Waals surface area contributed by atoms with E-state index in [4.69, 9.17) is 0 Å². The van der Waals surface area contributed by atoms with Crippen LogP contribution in [0.25, 0.3) is 5.52 Å². The molecule has 24 heavy (non-hydrogen) atoms. The third-order valence-corrected chi connectivity index (χ3v) is 5.32. The maximum atomic E-state index is 12.6. The molecule has 0 aromatic carbocycles. The van der Waals surface area contributed by atoms with Crippen molar-refractivity contribution in [1.29, 1.82) is 0 Å². The van der Waals surface area contributed by atoms with E-state index in [0.717, 1.165) is 11.9 Å². The monoisotopic (exact) mass is 328 g/mol. The summed E-state index contributed by atoms with van der Waals surface area (Å²) in [6.45, 7) is 6.80. The first-order valence-electron chi connectivity index (χ1n) is 8.43. The first-order chi connectivity index (χ1) is 11.4. The summed E-state index contributed by atoms with van der Waals surface area (Å²) in [5.41, 5.74) is 1.40. The molecule has 2 N–H and O–H groups in total. The first-order valence-corrected chi connectivity index (χ1v) is 8.43. The topological polar surface area (TPSA) is 75.5 Å². The van der Waals surface area contributed by atoms with Gasteiger partial charge in [-0.3, -0.25) is 9.59 Å². The van der Waals surface area contributed by atoms with Gasteiger partial charge in [-0.15, -0.1) is 0 Å². The molecular weight excluding hydrogens is 304 g/mol. The second kappa shape index (κ2) is 6.26. The highest BCUT2D eigenvalue weighted by atomic mass is 16.2. The Hall–Kier alpha value is -2.37. The van der Waals surface area contributed by atoms with Crippen molar-refractivity contribution in [3.05, 3.63) is 36.2 Å². The van der Waals surface area contributed by atoms with Gasteiger partial charge in [0.05, 0.1) is 17.3 Å². The lowest BCUT2D eigenvalue weighted by Gasteiger charge is -2.52. The molecular formula is C18H24N4O2. The number of hydrogen-bond acceptors (Lipinski definition) is 3. The molecule has 6 heteroatoms. The summed E-state index contributed by atoms with van der Waals surface area (Å²) in [7, 11) is 0. The van der Waals surface area contributed by atoms with Gasteiger partial charge in [-0.05, 0) is 36.0 Å².